The Morgan fingerprint density at radius 1 is 1.28 bits per heavy atom. The summed E-state index contributed by atoms with van der Waals surface area (Å²) in [5.41, 5.74) is 4.00. The van der Waals surface area contributed by atoms with Gasteiger partial charge in [0, 0.05) is 12.3 Å². The lowest BCUT2D eigenvalue weighted by atomic mass is 9.89. The number of Topliss-reactive ketones (excluding diaryl/α,β-unsaturated/α-hetero) is 1. The van der Waals surface area contributed by atoms with Gasteiger partial charge >= 0.3 is 0 Å². The monoisotopic (exact) mass is 245 g/mol. The van der Waals surface area contributed by atoms with Crippen LogP contribution in [0.4, 0.5) is 0 Å². The predicted molar refractivity (Wildman–Crippen MR) is 74.8 cm³/mol. The van der Waals surface area contributed by atoms with E-state index in [0.29, 0.717) is 18.1 Å². The number of carbonyl (C=O) groups excluding carboxylic acids is 1. The number of aryl methyl sites for hydroxylation is 2. The molecule has 0 amide bonds. The van der Waals surface area contributed by atoms with E-state index in [1.807, 2.05) is 0 Å². The van der Waals surface area contributed by atoms with Gasteiger partial charge in [0.25, 0.3) is 0 Å². The second-order valence-electron chi connectivity index (χ2n) is 5.35. The van der Waals surface area contributed by atoms with Gasteiger partial charge < -0.3 is 5.32 Å². The van der Waals surface area contributed by atoms with Gasteiger partial charge in [0.1, 0.15) is 5.78 Å². The van der Waals surface area contributed by atoms with Gasteiger partial charge in [-0.1, -0.05) is 18.2 Å². The van der Waals surface area contributed by atoms with Crippen molar-refractivity contribution < 1.29 is 4.79 Å². The smallest absolute Gasteiger partial charge is 0.136 e. The number of ketones is 1. The molecule has 1 aromatic rings. The van der Waals surface area contributed by atoms with Gasteiger partial charge in [-0.25, -0.2) is 0 Å². The van der Waals surface area contributed by atoms with Crippen molar-refractivity contribution >= 4 is 5.78 Å². The highest BCUT2D eigenvalue weighted by atomic mass is 16.1. The van der Waals surface area contributed by atoms with Crippen LogP contribution in [0.25, 0.3) is 0 Å². The first-order chi connectivity index (χ1) is 8.68. The number of nitrogens with one attached hydrogen (secondary N) is 1. The first kappa shape index (κ1) is 13.3. The Bertz CT molecular complexity index is 419. The average molecular weight is 245 g/mol. The number of hydrogen-bond acceptors (Lipinski definition) is 2. The van der Waals surface area contributed by atoms with Crippen LogP contribution in [0.1, 0.15) is 36.0 Å². The Balaban J connectivity index is 1.90. The van der Waals surface area contributed by atoms with Crippen LogP contribution in [-0.4, -0.2) is 18.9 Å². The van der Waals surface area contributed by atoms with E-state index >= 15 is 0 Å². The maximum atomic E-state index is 12.1. The molecule has 1 heterocycles. The van der Waals surface area contributed by atoms with E-state index in [0.717, 1.165) is 32.4 Å². The highest BCUT2D eigenvalue weighted by Crippen LogP contribution is 2.18. The molecule has 1 aliphatic heterocycles. The standard InChI is InChI=1S/C16H23NO/c1-12-4-3-5-14(13(12)2)6-7-16(18)15-8-10-17-11-9-15/h3-5,15,17H,6-11H2,1-2H3. The lowest BCUT2D eigenvalue weighted by Gasteiger charge is -2.21. The van der Waals surface area contributed by atoms with Gasteiger partial charge in [-0.15, -0.1) is 0 Å². The number of carbonyl (C=O) groups is 1. The fraction of sp³-hybridized carbons (Fsp3) is 0.562. The van der Waals surface area contributed by atoms with E-state index in [2.05, 4.69) is 37.4 Å². The molecular weight excluding hydrogens is 222 g/mol. The molecule has 98 valence electrons. The zero-order valence-corrected chi connectivity index (χ0v) is 11.5. The molecule has 1 fully saturated rings. The number of piperidine rings is 1. The topological polar surface area (TPSA) is 29.1 Å². The normalized spacial score (nSPS) is 16.8. The van der Waals surface area contributed by atoms with Crippen molar-refractivity contribution in [2.75, 3.05) is 13.1 Å². The molecule has 0 unspecified atom stereocenters. The van der Waals surface area contributed by atoms with Gasteiger partial charge in [0.15, 0.2) is 0 Å². The molecule has 1 N–H and O–H groups in total. The summed E-state index contributed by atoms with van der Waals surface area (Å²) in [6.45, 7) is 6.28. The summed E-state index contributed by atoms with van der Waals surface area (Å²) in [4.78, 5) is 12.1. The third-order valence-corrected chi connectivity index (χ3v) is 4.15. The van der Waals surface area contributed by atoms with Gasteiger partial charge in [0.05, 0.1) is 0 Å². The fourth-order valence-electron chi connectivity index (χ4n) is 2.69. The first-order valence-electron chi connectivity index (χ1n) is 6.97. The molecule has 0 aromatic heterocycles. The van der Waals surface area contributed by atoms with Gasteiger partial charge in [-0.3, -0.25) is 4.79 Å². The van der Waals surface area contributed by atoms with Crippen LogP contribution in [0.15, 0.2) is 18.2 Å². The van der Waals surface area contributed by atoms with Crippen LogP contribution in [-0.2, 0) is 11.2 Å². The van der Waals surface area contributed by atoms with Crippen molar-refractivity contribution in [2.45, 2.75) is 39.5 Å². The van der Waals surface area contributed by atoms with Crippen molar-refractivity contribution in [1.29, 1.82) is 0 Å². The molecule has 2 nitrogen and oxygen atoms in total. The van der Waals surface area contributed by atoms with E-state index in [4.69, 9.17) is 0 Å². The van der Waals surface area contributed by atoms with E-state index in [9.17, 15) is 4.79 Å². The van der Waals surface area contributed by atoms with Gasteiger partial charge in [0.2, 0.25) is 0 Å². The molecule has 2 rings (SSSR count). The predicted octanol–water partition coefficient (Wildman–Crippen LogP) is 2.80. The van der Waals surface area contributed by atoms with E-state index in [1.165, 1.54) is 16.7 Å². The molecule has 1 saturated heterocycles. The second kappa shape index (κ2) is 6.14. The molecule has 0 radical (unpaired) electrons. The second-order valence-corrected chi connectivity index (χ2v) is 5.35. The summed E-state index contributed by atoms with van der Waals surface area (Å²) >= 11 is 0. The highest BCUT2D eigenvalue weighted by molar-refractivity contribution is 5.81. The highest BCUT2D eigenvalue weighted by Gasteiger charge is 2.20. The Morgan fingerprint density at radius 3 is 2.72 bits per heavy atom. The third kappa shape index (κ3) is 3.20. The van der Waals surface area contributed by atoms with Crippen molar-refractivity contribution in [1.82, 2.24) is 5.32 Å². The zero-order valence-electron chi connectivity index (χ0n) is 11.5. The molecule has 0 bridgehead atoms. The zero-order chi connectivity index (χ0) is 13.0. The maximum Gasteiger partial charge on any atom is 0.136 e. The quantitative estimate of drug-likeness (QED) is 0.883. The van der Waals surface area contributed by atoms with Crippen LogP contribution in [0, 0.1) is 19.8 Å². The van der Waals surface area contributed by atoms with Crippen molar-refractivity contribution in [3.8, 4) is 0 Å². The Kier molecular flexibility index (Phi) is 4.54. The lowest BCUT2D eigenvalue weighted by molar-refractivity contribution is -0.123. The van der Waals surface area contributed by atoms with Crippen LogP contribution in [0.3, 0.4) is 0 Å². The Morgan fingerprint density at radius 2 is 2.00 bits per heavy atom. The molecule has 0 spiro atoms. The Hall–Kier alpha value is -1.15. The average Bonchev–Trinajstić information content (AvgIpc) is 2.41. The summed E-state index contributed by atoms with van der Waals surface area (Å²) in [5, 5.41) is 3.31. The van der Waals surface area contributed by atoms with Crippen LogP contribution in [0.5, 0.6) is 0 Å². The molecule has 2 heteroatoms. The van der Waals surface area contributed by atoms with Crippen LogP contribution < -0.4 is 5.32 Å². The van der Waals surface area contributed by atoms with Crippen molar-refractivity contribution in [3.05, 3.63) is 34.9 Å². The minimum Gasteiger partial charge on any atom is -0.317 e. The lowest BCUT2D eigenvalue weighted by Crippen LogP contribution is -2.31. The molecule has 1 aromatic carbocycles. The van der Waals surface area contributed by atoms with E-state index < -0.39 is 0 Å². The summed E-state index contributed by atoms with van der Waals surface area (Å²) in [6.07, 6.45) is 3.64. The summed E-state index contributed by atoms with van der Waals surface area (Å²) in [5.74, 6) is 0.758. The van der Waals surface area contributed by atoms with Gasteiger partial charge in [-0.05, 0) is 62.9 Å². The molecule has 0 aliphatic carbocycles. The summed E-state index contributed by atoms with van der Waals surface area (Å²) in [7, 11) is 0. The molecule has 1 aliphatic rings. The molecule has 0 saturated carbocycles. The number of hydrogen-bond donors (Lipinski definition) is 1. The molecule has 18 heavy (non-hydrogen) atoms. The maximum absolute atomic E-state index is 12.1. The Labute approximate surface area is 110 Å². The van der Waals surface area contributed by atoms with E-state index in [-0.39, 0.29) is 0 Å². The number of benzene rings is 1. The van der Waals surface area contributed by atoms with Crippen LogP contribution >= 0.6 is 0 Å². The molecular formula is C16H23NO. The minimum atomic E-state index is 0.302. The number of rotatable bonds is 4. The largest absolute Gasteiger partial charge is 0.317 e. The van der Waals surface area contributed by atoms with Crippen LogP contribution in [0.2, 0.25) is 0 Å². The SMILES string of the molecule is Cc1cccc(CCC(=O)C2CCNCC2)c1C. The summed E-state index contributed by atoms with van der Waals surface area (Å²) < 4.78 is 0. The summed E-state index contributed by atoms with van der Waals surface area (Å²) in [6, 6.07) is 6.37. The molecule has 0 atom stereocenters. The van der Waals surface area contributed by atoms with Crippen molar-refractivity contribution in [2.24, 2.45) is 5.92 Å². The first-order valence-corrected chi connectivity index (χ1v) is 6.97. The van der Waals surface area contributed by atoms with Crippen molar-refractivity contribution in [3.63, 3.8) is 0 Å². The van der Waals surface area contributed by atoms with Gasteiger partial charge in [-0.2, -0.15) is 0 Å². The minimum absolute atomic E-state index is 0.302. The fourth-order valence-corrected chi connectivity index (χ4v) is 2.69. The van der Waals surface area contributed by atoms with E-state index in [1.54, 1.807) is 0 Å². The third-order valence-electron chi connectivity index (χ3n) is 4.15.